The normalized spacial score (nSPS) is 12.0. The summed E-state index contributed by atoms with van der Waals surface area (Å²) >= 11 is 0. The molecule has 0 fully saturated rings. The third kappa shape index (κ3) is 4.31. The van der Waals surface area contributed by atoms with Crippen LogP contribution in [-0.4, -0.2) is 19.1 Å². The van der Waals surface area contributed by atoms with E-state index in [-0.39, 0.29) is 5.56 Å². The number of pyridine rings is 1. The number of para-hydroxylation sites is 4. The van der Waals surface area contributed by atoms with Crippen LogP contribution in [0.15, 0.2) is 168 Å². The van der Waals surface area contributed by atoms with Gasteiger partial charge in [-0.3, -0.25) is 13.9 Å². The van der Waals surface area contributed by atoms with E-state index in [9.17, 15) is 4.79 Å². The molecule has 0 atom stereocenters. The zero-order chi connectivity index (χ0) is 33.1. The Morgan fingerprint density at radius 2 is 1.37 bits per heavy atom. The van der Waals surface area contributed by atoms with Gasteiger partial charge in [0.15, 0.2) is 5.58 Å². The molecule has 9 rings (SSSR count). The predicted octanol–water partition coefficient (Wildman–Crippen LogP) is 10.2. The number of aromatic nitrogens is 4. The van der Waals surface area contributed by atoms with Gasteiger partial charge in [-0.2, -0.15) is 0 Å². The maximum Gasteiger partial charge on any atom is 0.265 e. The Kier molecular flexibility index (Phi) is 6.49. The third-order valence-electron chi connectivity index (χ3n) is 9.11. The van der Waals surface area contributed by atoms with Gasteiger partial charge in [-0.1, -0.05) is 122 Å². The largest absolute Gasteiger partial charge is 0.452 e. The van der Waals surface area contributed by atoms with Crippen LogP contribution in [0.5, 0.6) is 0 Å². The molecule has 49 heavy (non-hydrogen) atoms. The third-order valence-corrected chi connectivity index (χ3v) is 9.11. The van der Waals surface area contributed by atoms with Crippen molar-refractivity contribution in [2.24, 2.45) is 0 Å². The molecule has 4 heterocycles. The van der Waals surface area contributed by atoms with Gasteiger partial charge < -0.3 is 4.42 Å². The molecule has 0 saturated heterocycles. The maximum absolute atomic E-state index is 14.9. The molecule has 0 bridgehead atoms. The van der Waals surface area contributed by atoms with E-state index < -0.39 is 0 Å². The van der Waals surface area contributed by atoms with Crippen molar-refractivity contribution in [2.45, 2.75) is 0 Å². The molecular weight excluding hydrogens is 604 g/mol. The first-order valence-corrected chi connectivity index (χ1v) is 16.0. The van der Waals surface area contributed by atoms with E-state index in [2.05, 4.69) is 37.4 Å². The second kappa shape index (κ2) is 11.2. The SMILES string of the molecule is C=C/C=C(\C=C)c1ccc(-c2nc(-n3c4ccccc4c4c(=O)n(-c5ccccc5)c5c6ccccc6oc5c43)nc3ccccc23)cc1. The molecule has 0 aliphatic rings. The number of nitrogens with zero attached hydrogens (tertiary/aromatic N) is 4. The van der Waals surface area contributed by atoms with Crippen LogP contribution >= 0.6 is 0 Å². The number of hydrogen-bond donors (Lipinski definition) is 0. The van der Waals surface area contributed by atoms with Gasteiger partial charge in [0.1, 0.15) is 16.6 Å². The van der Waals surface area contributed by atoms with E-state index in [1.807, 2.05) is 120 Å². The zero-order valence-electron chi connectivity index (χ0n) is 26.4. The van der Waals surface area contributed by atoms with Gasteiger partial charge in [0.2, 0.25) is 5.95 Å². The summed E-state index contributed by atoms with van der Waals surface area (Å²) in [5.74, 6) is 0.445. The van der Waals surface area contributed by atoms with E-state index in [1.165, 1.54) is 0 Å². The first kappa shape index (κ1) is 28.4. The molecule has 0 spiro atoms. The van der Waals surface area contributed by atoms with Crippen LogP contribution in [0.1, 0.15) is 5.56 Å². The van der Waals surface area contributed by atoms with Crippen LogP contribution in [-0.2, 0) is 0 Å². The summed E-state index contributed by atoms with van der Waals surface area (Å²) in [7, 11) is 0. The number of hydrogen-bond acceptors (Lipinski definition) is 4. The first-order chi connectivity index (χ1) is 24.2. The first-order valence-electron chi connectivity index (χ1n) is 16.0. The summed E-state index contributed by atoms with van der Waals surface area (Å²) in [5, 5.41) is 3.11. The van der Waals surface area contributed by atoms with Crippen molar-refractivity contribution in [3.63, 3.8) is 0 Å². The fraction of sp³-hybridized carbons (Fsp3) is 0. The minimum Gasteiger partial charge on any atom is -0.452 e. The fourth-order valence-electron chi connectivity index (χ4n) is 6.94. The molecule has 6 heteroatoms. The average molecular weight is 633 g/mol. The lowest BCUT2D eigenvalue weighted by atomic mass is 10.0. The molecule has 0 aliphatic heterocycles. The summed E-state index contributed by atoms with van der Waals surface area (Å²) in [4.78, 5) is 25.2. The highest BCUT2D eigenvalue weighted by Gasteiger charge is 2.26. The summed E-state index contributed by atoms with van der Waals surface area (Å²) in [6, 6.07) is 41.7. The van der Waals surface area contributed by atoms with Crippen molar-refractivity contribution >= 4 is 60.4 Å². The van der Waals surface area contributed by atoms with E-state index in [1.54, 1.807) is 10.6 Å². The second-order valence-electron chi connectivity index (χ2n) is 11.9. The number of fused-ring (bicyclic) bond motifs is 8. The molecular formula is C43H28N4O2. The van der Waals surface area contributed by atoms with E-state index >= 15 is 0 Å². The summed E-state index contributed by atoms with van der Waals surface area (Å²) in [6.45, 7) is 7.80. The van der Waals surface area contributed by atoms with Crippen LogP contribution in [0.4, 0.5) is 0 Å². The number of allylic oxidation sites excluding steroid dienone is 4. The van der Waals surface area contributed by atoms with Crippen molar-refractivity contribution in [1.82, 2.24) is 19.1 Å². The van der Waals surface area contributed by atoms with Gasteiger partial charge in [-0.25, -0.2) is 9.97 Å². The zero-order valence-corrected chi connectivity index (χ0v) is 26.4. The predicted molar refractivity (Wildman–Crippen MR) is 201 cm³/mol. The van der Waals surface area contributed by atoms with Crippen LogP contribution in [0.3, 0.4) is 0 Å². The Labute approximate surface area is 280 Å². The lowest BCUT2D eigenvalue weighted by molar-refractivity contribution is 0.669. The van der Waals surface area contributed by atoms with E-state index in [4.69, 9.17) is 14.4 Å². The molecule has 4 aromatic heterocycles. The average Bonchev–Trinajstić information content (AvgIpc) is 3.71. The molecule has 0 saturated carbocycles. The maximum atomic E-state index is 14.9. The van der Waals surface area contributed by atoms with Crippen LogP contribution in [0.25, 0.3) is 83.2 Å². The van der Waals surface area contributed by atoms with Crippen LogP contribution in [0.2, 0.25) is 0 Å². The van der Waals surface area contributed by atoms with Crippen LogP contribution in [0, 0.1) is 0 Å². The molecule has 9 aromatic rings. The molecule has 232 valence electrons. The van der Waals surface area contributed by atoms with Gasteiger partial charge in [-0.05, 0) is 47.5 Å². The lowest BCUT2D eigenvalue weighted by Crippen LogP contribution is -2.19. The van der Waals surface area contributed by atoms with Crippen LogP contribution < -0.4 is 5.56 Å². The highest BCUT2D eigenvalue weighted by atomic mass is 16.3. The molecule has 6 nitrogen and oxygen atoms in total. The molecule has 0 amide bonds. The van der Waals surface area contributed by atoms with Crippen molar-refractivity contribution in [2.75, 3.05) is 0 Å². The van der Waals surface area contributed by atoms with Gasteiger partial charge in [0.05, 0.1) is 22.1 Å². The van der Waals surface area contributed by atoms with Gasteiger partial charge in [0.25, 0.3) is 5.56 Å². The molecule has 5 aromatic carbocycles. The minimum absolute atomic E-state index is 0.141. The summed E-state index contributed by atoms with van der Waals surface area (Å²) in [5.41, 5.74) is 8.55. The van der Waals surface area contributed by atoms with Crippen molar-refractivity contribution in [3.05, 3.63) is 175 Å². The number of furan rings is 1. The Hall–Kier alpha value is -6.79. The van der Waals surface area contributed by atoms with Crippen molar-refractivity contribution in [1.29, 1.82) is 0 Å². The molecule has 0 N–H and O–H groups in total. The van der Waals surface area contributed by atoms with Crippen molar-refractivity contribution < 1.29 is 4.42 Å². The number of rotatable bonds is 6. The second-order valence-corrected chi connectivity index (χ2v) is 11.9. The molecule has 0 unspecified atom stereocenters. The standard InChI is InChI=1S/C43H28N4O2/c1-3-14-27(4-2)28-23-25-29(26-24-28)38-31-17-8-11-20-34(31)44-43(45-38)47-35-21-12-9-18-32(35)37-40(47)41-39(33-19-10-13-22-36(33)49-41)46(42(37)48)30-15-6-5-7-16-30/h3-26H,1-2H2/b27-14+. The smallest absolute Gasteiger partial charge is 0.265 e. The topological polar surface area (TPSA) is 65.8 Å². The van der Waals surface area contributed by atoms with Gasteiger partial charge in [-0.15, -0.1) is 0 Å². The van der Waals surface area contributed by atoms with Gasteiger partial charge >= 0.3 is 0 Å². The Morgan fingerprint density at radius 3 is 2.14 bits per heavy atom. The quantitative estimate of drug-likeness (QED) is 0.171. The Bertz CT molecular complexity index is 2870. The van der Waals surface area contributed by atoms with E-state index in [0.717, 1.165) is 55.3 Å². The monoisotopic (exact) mass is 632 g/mol. The highest BCUT2D eigenvalue weighted by molar-refractivity contribution is 6.20. The lowest BCUT2D eigenvalue weighted by Gasteiger charge is -2.13. The number of benzene rings is 5. The Balaban J connectivity index is 1.41. The van der Waals surface area contributed by atoms with Crippen molar-refractivity contribution in [3.8, 4) is 22.9 Å². The summed E-state index contributed by atoms with van der Waals surface area (Å²) in [6.07, 6.45) is 5.52. The van der Waals surface area contributed by atoms with Gasteiger partial charge in [0, 0.05) is 27.4 Å². The Morgan fingerprint density at radius 1 is 0.673 bits per heavy atom. The molecule has 0 radical (unpaired) electrons. The summed E-state index contributed by atoms with van der Waals surface area (Å²) < 4.78 is 10.4. The highest BCUT2D eigenvalue weighted by Crippen LogP contribution is 2.39. The minimum atomic E-state index is -0.141. The fourth-order valence-corrected chi connectivity index (χ4v) is 6.94. The molecule has 0 aliphatic carbocycles. The van der Waals surface area contributed by atoms with E-state index in [0.29, 0.717) is 33.5 Å².